The van der Waals surface area contributed by atoms with E-state index in [0.29, 0.717) is 11.5 Å². The molecule has 1 saturated carbocycles. The zero-order valence-corrected chi connectivity index (χ0v) is 18.1. The monoisotopic (exact) mass is 455 g/mol. The van der Waals surface area contributed by atoms with E-state index in [9.17, 15) is 18.0 Å². The number of hydrogen-bond donors (Lipinski definition) is 2. The highest BCUT2D eigenvalue weighted by molar-refractivity contribution is 5.75. The Hall–Kier alpha value is -3.49. The summed E-state index contributed by atoms with van der Waals surface area (Å²) >= 11 is 0. The molecule has 172 valence electrons. The molecular weight excluding hydrogens is 431 g/mol. The molecule has 33 heavy (non-hydrogen) atoms. The minimum absolute atomic E-state index is 0.151. The first kappa shape index (κ1) is 22.7. The van der Waals surface area contributed by atoms with Gasteiger partial charge in [-0.2, -0.15) is 0 Å². The molecule has 0 bridgehead atoms. The zero-order valence-electron chi connectivity index (χ0n) is 18.1. The van der Waals surface area contributed by atoms with E-state index in [4.69, 9.17) is 5.73 Å². The number of pyridine rings is 1. The average Bonchev–Trinajstić information content (AvgIpc) is 2.76. The molecule has 1 unspecified atom stereocenters. The highest BCUT2D eigenvalue weighted by atomic mass is 19.1. The Morgan fingerprint density at radius 1 is 1.18 bits per heavy atom. The van der Waals surface area contributed by atoms with Crippen LogP contribution in [0.3, 0.4) is 0 Å². The lowest BCUT2D eigenvalue weighted by Gasteiger charge is -2.44. The minimum atomic E-state index is -1.01. The third-order valence-corrected chi connectivity index (χ3v) is 6.10. The molecule has 0 aliphatic heterocycles. The van der Waals surface area contributed by atoms with Gasteiger partial charge in [-0.25, -0.2) is 13.2 Å². The minimum Gasteiger partial charge on any atom is -0.370 e. The Labute approximate surface area is 189 Å². The lowest BCUT2D eigenvalue weighted by molar-refractivity contribution is -0.118. The summed E-state index contributed by atoms with van der Waals surface area (Å²) in [5.74, 6) is -1.13. The lowest BCUT2D eigenvalue weighted by atomic mass is 9.65. The number of primary amides is 1. The molecule has 1 aliphatic rings. The molecule has 1 aliphatic carbocycles. The van der Waals surface area contributed by atoms with Crippen LogP contribution in [0, 0.1) is 11.6 Å². The van der Waals surface area contributed by atoms with Crippen molar-refractivity contribution in [3.8, 4) is 11.3 Å². The fraction of sp³-hybridized carbons (Fsp3) is 0.333. The smallest absolute Gasteiger partial charge is 0.218 e. The second kappa shape index (κ2) is 9.17. The standard InChI is InChI=1S/C24H24F3N5O/c1-14(9-21(28)33)15-4-5-18(26)17(10-15)20-6-7-22(32-31-20)30-13-24(11-16(25)12-24)23-19(27)3-2-8-29-23/h2-8,10,14,16H,9,11-13H2,1H3,(H2,28,33)(H,30,32). The summed E-state index contributed by atoms with van der Waals surface area (Å²) in [6.45, 7) is 2.08. The van der Waals surface area contributed by atoms with Gasteiger partial charge in [-0.15, -0.1) is 10.2 Å². The summed E-state index contributed by atoms with van der Waals surface area (Å²) < 4.78 is 42.5. The number of amides is 1. The number of nitrogens with zero attached hydrogens (tertiary/aromatic N) is 3. The Balaban J connectivity index is 1.50. The molecule has 3 N–H and O–H groups in total. The van der Waals surface area contributed by atoms with Crippen molar-refractivity contribution >= 4 is 11.7 Å². The molecule has 1 amide bonds. The maximum atomic E-state index is 14.4. The first-order valence-corrected chi connectivity index (χ1v) is 10.7. The summed E-state index contributed by atoms with van der Waals surface area (Å²) in [4.78, 5) is 15.3. The van der Waals surface area contributed by atoms with Crippen molar-refractivity contribution in [2.75, 3.05) is 11.9 Å². The van der Waals surface area contributed by atoms with Gasteiger partial charge in [0.15, 0.2) is 0 Å². The van der Waals surface area contributed by atoms with Crippen LogP contribution >= 0.6 is 0 Å². The quantitative estimate of drug-likeness (QED) is 0.529. The number of nitrogens with two attached hydrogens (primary N) is 1. The van der Waals surface area contributed by atoms with Gasteiger partial charge < -0.3 is 11.1 Å². The van der Waals surface area contributed by atoms with E-state index >= 15 is 0 Å². The molecule has 1 fully saturated rings. The molecule has 3 aromatic rings. The molecular formula is C24H24F3N5O. The van der Waals surface area contributed by atoms with Crippen LogP contribution in [0.5, 0.6) is 0 Å². The van der Waals surface area contributed by atoms with Gasteiger partial charge in [0.05, 0.1) is 11.4 Å². The van der Waals surface area contributed by atoms with Crippen molar-refractivity contribution in [2.45, 2.75) is 43.7 Å². The van der Waals surface area contributed by atoms with Gasteiger partial charge in [-0.1, -0.05) is 13.0 Å². The summed E-state index contributed by atoms with van der Waals surface area (Å²) in [5, 5.41) is 11.3. The number of nitrogens with one attached hydrogen (secondary N) is 1. The first-order chi connectivity index (χ1) is 15.8. The van der Waals surface area contributed by atoms with E-state index in [1.807, 2.05) is 6.92 Å². The topological polar surface area (TPSA) is 93.8 Å². The molecule has 1 atom stereocenters. The summed E-state index contributed by atoms with van der Waals surface area (Å²) in [6, 6.07) is 10.6. The summed E-state index contributed by atoms with van der Waals surface area (Å²) in [7, 11) is 0. The Bertz CT molecular complexity index is 1150. The zero-order chi connectivity index (χ0) is 23.6. The van der Waals surface area contributed by atoms with Crippen molar-refractivity contribution in [2.24, 2.45) is 5.73 Å². The van der Waals surface area contributed by atoms with Crippen LogP contribution in [-0.2, 0) is 10.2 Å². The van der Waals surface area contributed by atoms with Crippen molar-refractivity contribution in [3.05, 3.63) is 71.6 Å². The van der Waals surface area contributed by atoms with Gasteiger partial charge in [0.2, 0.25) is 5.91 Å². The second-order valence-electron chi connectivity index (χ2n) is 8.59. The van der Waals surface area contributed by atoms with Crippen LogP contribution < -0.4 is 11.1 Å². The molecule has 2 heterocycles. The van der Waals surface area contributed by atoms with E-state index in [2.05, 4.69) is 20.5 Å². The van der Waals surface area contributed by atoms with Gasteiger partial charge >= 0.3 is 0 Å². The maximum Gasteiger partial charge on any atom is 0.218 e. The van der Waals surface area contributed by atoms with Crippen molar-refractivity contribution in [1.82, 2.24) is 15.2 Å². The van der Waals surface area contributed by atoms with E-state index in [-0.39, 0.29) is 43.0 Å². The van der Waals surface area contributed by atoms with Crippen LogP contribution in [0.1, 0.15) is 43.4 Å². The largest absolute Gasteiger partial charge is 0.370 e. The molecule has 0 saturated heterocycles. The average molecular weight is 455 g/mol. The van der Waals surface area contributed by atoms with Gasteiger partial charge in [-0.05, 0) is 60.7 Å². The van der Waals surface area contributed by atoms with Crippen molar-refractivity contribution in [1.29, 1.82) is 0 Å². The summed E-state index contributed by atoms with van der Waals surface area (Å²) in [5.41, 5.74) is 6.08. The number of alkyl halides is 1. The molecule has 4 rings (SSSR count). The molecule has 1 aromatic carbocycles. The maximum absolute atomic E-state index is 14.4. The highest BCUT2D eigenvalue weighted by Gasteiger charge is 2.48. The lowest BCUT2D eigenvalue weighted by Crippen LogP contribution is -2.49. The number of benzene rings is 1. The van der Waals surface area contributed by atoms with Gasteiger partial charge in [0.25, 0.3) is 0 Å². The first-order valence-electron chi connectivity index (χ1n) is 10.7. The second-order valence-corrected chi connectivity index (χ2v) is 8.59. The van der Waals surface area contributed by atoms with Gasteiger partial charge in [0.1, 0.15) is 23.6 Å². The van der Waals surface area contributed by atoms with Crippen LogP contribution in [0.2, 0.25) is 0 Å². The third-order valence-electron chi connectivity index (χ3n) is 6.10. The molecule has 9 heteroatoms. The fourth-order valence-corrected chi connectivity index (χ4v) is 4.28. The van der Waals surface area contributed by atoms with Crippen molar-refractivity contribution < 1.29 is 18.0 Å². The van der Waals surface area contributed by atoms with E-state index < -0.39 is 29.1 Å². The molecule has 0 radical (unpaired) electrons. The molecule has 6 nitrogen and oxygen atoms in total. The number of aromatic nitrogens is 3. The van der Waals surface area contributed by atoms with Gasteiger partial charge in [0, 0.05) is 30.1 Å². The number of rotatable bonds is 8. The van der Waals surface area contributed by atoms with E-state index in [1.54, 1.807) is 24.3 Å². The number of halogens is 3. The highest BCUT2D eigenvalue weighted by Crippen LogP contribution is 2.45. The van der Waals surface area contributed by atoms with Crippen LogP contribution in [0.15, 0.2) is 48.7 Å². The third kappa shape index (κ3) is 4.81. The van der Waals surface area contributed by atoms with Crippen LogP contribution in [-0.4, -0.2) is 33.8 Å². The fourth-order valence-electron chi connectivity index (χ4n) is 4.28. The number of carbonyl (C=O) groups is 1. The van der Waals surface area contributed by atoms with Gasteiger partial charge in [-0.3, -0.25) is 9.78 Å². The molecule has 0 spiro atoms. The van der Waals surface area contributed by atoms with Crippen LogP contribution in [0.4, 0.5) is 19.0 Å². The Morgan fingerprint density at radius 2 is 1.97 bits per heavy atom. The normalized spacial score (nSPS) is 20.7. The van der Waals surface area contributed by atoms with Crippen LogP contribution in [0.25, 0.3) is 11.3 Å². The number of hydrogen-bond acceptors (Lipinski definition) is 5. The van der Waals surface area contributed by atoms with E-state index in [1.165, 1.54) is 24.4 Å². The number of carbonyl (C=O) groups excluding carboxylic acids is 1. The predicted molar refractivity (Wildman–Crippen MR) is 118 cm³/mol. The van der Waals surface area contributed by atoms with E-state index in [0.717, 1.165) is 5.56 Å². The Morgan fingerprint density at radius 3 is 2.61 bits per heavy atom. The van der Waals surface area contributed by atoms with Crippen molar-refractivity contribution in [3.63, 3.8) is 0 Å². The molecule has 2 aromatic heterocycles. The number of anilines is 1. The summed E-state index contributed by atoms with van der Waals surface area (Å²) in [6.07, 6.45) is 0.974. The predicted octanol–water partition coefficient (Wildman–Crippen LogP) is 4.28. The Kier molecular flexibility index (Phi) is 6.31. The SMILES string of the molecule is CC(CC(N)=O)c1ccc(F)c(-c2ccc(NCC3(c4ncccc4F)CC(F)C3)nn2)c1.